The van der Waals surface area contributed by atoms with Crippen LogP contribution in [0.15, 0.2) is 55.0 Å². The molecule has 1 aliphatic heterocycles. The molecule has 0 unspecified atom stereocenters. The van der Waals surface area contributed by atoms with E-state index in [1.165, 1.54) is 6.07 Å². The summed E-state index contributed by atoms with van der Waals surface area (Å²) in [7, 11) is 0. The number of hydrogen-bond acceptors (Lipinski definition) is 3. The van der Waals surface area contributed by atoms with Crippen molar-refractivity contribution in [2.75, 3.05) is 13.1 Å². The highest BCUT2D eigenvalue weighted by Crippen LogP contribution is 2.46. The number of amides is 1. The zero-order valence-electron chi connectivity index (χ0n) is 19.9. The SMILES string of the molecule is Cc1ccc2nc(C(F)(F)F)cc([N+]3([C@H]4CCC[C@@H](NC(=O)c5ccc6nccn6c5)C4)CC3)c2c1. The number of rotatable bonds is 4. The second-order valence-electron chi connectivity index (χ2n) is 10.1. The Morgan fingerprint density at radius 3 is 2.75 bits per heavy atom. The lowest BCUT2D eigenvalue weighted by Crippen LogP contribution is -2.48. The number of carbonyl (C=O) groups excluding carboxylic acids is 1. The molecule has 6 nitrogen and oxygen atoms in total. The molecule has 0 bridgehead atoms. The van der Waals surface area contributed by atoms with E-state index in [0.29, 0.717) is 21.3 Å². The molecule has 6 rings (SSSR count). The van der Waals surface area contributed by atoms with E-state index in [0.717, 1.165) is 55.4 Å². The van der Waals surface area contributed by atoms with Gasteiger partial charge in [0.1, 0.15) is 24.4 Å². The van der Waals surface area contributed by atoms with E-state index in [1.54, 1.807) is 36.8 Å². The number of hydrogen-bond donors (Lipinski definition) is 1. The molecule has 1 saturated carbocycles. The molecule has 2 fully saturated rings. The third-order valence-corrected chi connectivity index (χ3v) is 7.75. The van der Waals surface area contributed by atoms with Crippen molar-refractivity contribution >= 4 is 28.1 Å². The minimum absolute atomic E-state index is 0.0257. The van der Waals surface area contributed by atoms with Crippen LogP contribution in [-0.4, -0.2) is 45.4 Å². The number of nitrogens with zero attached hydrogens (tertiary/aromatic N) is 4. The van der Waals surface area contributed by atoms with Crippen molar-refractivity contribution in [3.8, 4) is 0 Å². The molecular weight excluding hydrogens is 467 g/mol. The summed E-state index contributed by atoms with van der Waals surface area (Å²) in [5.74, 6) is -0.141. The van der Waals surface area contributed by atoms with E-state index >= 15 is 0 Å². The lowest BCUT2D eigenvalue weighted by Gasteiger charge is -2.36. The monoisotopic (exact) mass is 494 g/mol. The third-order valence-electron chi connectivity index (χ3n) is 7.75. The summed E-state index contributed by atoms with van der Waals surface area (Å²) in [4.78, 5) is 21.2. The number of halogens is 3. The Morgan fingerprint density at radius 2 is 1.97 bits per heavy atom. The Bertz CT molecular complexity index is 1470. The summed E-state index contributed by atoms with van der Waals surface area (Å²) >= 11 is 0. The molecule has 0 spiro atoms. The summed E-state index contributed by atoms with van der Waals surface area (Å²) in [6.07, 6.45) is 4.18. The van der Waals surface area contributed by atoms with Crippen LogP contribution in [0.4, 0.5) is 18.9 Å². The standard InChI is InChI=1S/C27H26F3N5O/c1-17-5-7-22-21(13-17)23(15-24(33-22)27(28,29)30)35(11-12-35)20-4-2-3-19(14-20)32-26(36)18-6-8-25-31-9-10-34(25)16-18/h5-10,13,15-16,19-20H,2-4,11-12,14H2,1H3/p+1/t19-,20+/m1/s1. The average molecular weight is 495 g/mol. The number of imidazole rings is 1. The van der Waals surface area contributed by atoms with Crippen LogP contribution in [-0.2, 0) is 6.18 Å². The molecule has 1 N–H and O–H groups in total. The first-order valence-electron chi connectivity index (χ1n) is 12.3. The Hall–Kier alpha value is -3.46. The van der Waals surface area contributed by atoms with Crippen molar-refractivity contribution < 1.29 is 18.0 Å². The van der Waals surface area contributed by atoms with E-state index < -0.39 is 11.9 Å². The van der Waals surface area contributed by atoms with Crippen LogP contribution in [0.1, 0.15) is 47.3 Å². The normalized spacial score (nSPS) is 21.6. The van der Waals surface area contributed by atoms with Crippen molar-refractivity contribution in [1.82, 2.24) is 24.2 Å². The van der Waals surface area contributed by atoms with Crippen LogP contribution >= 0.6 is 0 Å². The van der Waals surface area contributed by atoms with Gasteiger partial charge in [-0.1, -0.05) is 11.6 Å². The molecule has 4 heterocycles. The minimum Gasteiger partial charge on any atom is -0.349 e. The number of nitrogens with one attached hydrogen (secondary N) is 1. The first-order chi connectivity index (χ1) is 17.2. The molecule has 186 valence electrons. The molecule has 2 atom stereocenters. The lowest BCUT2D eigenvalue weighted by atomic mass is 9.89. The van der Waals surface area contributed by atoms with Crippen molar-refractivity contribution in [3.63, 3.8) is 0 Å². The van der Waals surface area contributed by atoms with Gasteiger partial charge in [-0.3, -0.25) is 9.28 Å². The van der Waals surface area contributed by atoms with Crippen molar-refractivity contribution in [2.24, 2.45) is 0 Å². The first-order valence-corrected chi connectivity index (χ1v) is 12.3. The molecule has 0 radical (unpaired) electrons. The van der Waals surface area contributed by atoms with Crippen LogP contribution in [0.3, 0.4) is 0 Å². The summed E-state index contributed by atoms with van der Waals surface area (Å²) in [5.41, 5.74) is 2.57. The maximum Gasteiger partial charge on any atom is 0.433 e. The van der Waals surface area contributed by atoms with Gasteiger partial charge in [-0.05, 0) is 44.0 Å². The number of aryl methyl sites for hydroxylation is 1. The molecule has 9 heteroatoms. The predicted octanol–water partition coefficient (Wildman–Crippen LogP) is 5.27. The van der Waals surface area contributed by atoms with Gasteiger partial charge in [0.2, 0.25) is 0 Å². The number of benzene rings is 1. The smallest absolute Gasteiger partial charge is 0.349 e. The molecule has 1 saturated heterocycles. The van der Waals surface area contributed by atoms with Gasteiger partial charge >= 0.3 is 6.18 Å². The second kappa shape index (κ2) is 8.30. The fourth-order valence-electron chi connectivity index (χ4n) is 5.81. The third kappa shape index (κ3) is 4.01. The van der Waals surface area contributed by atoms with Crippen molar-refractivity contribution in [3.05, 3.63) is 71.8 Å². The fourth-order valence-corrected chi connectivity index (χ4v) is 5.81. The maximum absolute atomic E-state index is 13.7. The number of quaternary nitrogens is 1. The van der Waals surface area contributed by atoms with Crippen molar-refractivity contribution in [2.45, 2.75) is 50.9 Å². The maximum atomic E-state index is 13.7. The number of fused-ring (bicyclic) bond motifs is 2. The van der Waals surface area contributed by atoms with Crippen LogP contribution in [0.5, 0.6) is 0 Å². The van der Waals surface area contributed by atoms with Crippen LogP contribution in [0.25, 0.3) is 16.6 Å². The van der Waals surface area contributed by atoms with E-state index in [4.69, 9.17) is 0 Å². The summed E-state index contributed by atoms with van der Waals surface area (Å²) in [6.45, 7) is 3.54. The van der Waals surface area contributed by atoms with Gasteiger partial charge in [0.05, 0.1) is 22.5 Å². The molecule has 4 aromatic rings. The lowest BCUT2D eigenvalue weighted by molar-refractivity contribution is -0.141. The van der Waals surface area contributed by atoms with E-state index in [9.17, 15) is 18.0 Å². The summed E-state index contributed by atoms with van der Waals surface area (Å²) in [5, 5.41) is 3.97. The molecule has 3 aromatic heterocycles. The molecule has 1 aliphatic carbocycles. The van der Waals surface area contributed by atoms with Gasteiger partial charge in [-0.2, -0.15) is 13.2 Å². The second-order valence-corrected chi connectivity index (χ2v) is 10.1. The number of alkyl halides is 3. The number of aromatic nitrogens is 3. The molecule has 36 heavy (non-hydrogen) atoms. The largest absolute Gasteiger partial charge is 0.433 e. The number of pyridine rings is 2. The topological polar surface area (TPSA) is 59.3 Å². The zero-order chi connectivity index (χ0) is 25.1. The quantitative estimate of drug-likeness (QED) is 0.311. The minimum atomic E-state index is -4.51. The van der Waals surface area contributed by atoms with Crippen LogP contribution in [0.2, 0.25) is 0 Å². The molecular formula is C27H27F3N5O+. The molecule has 1 amide bonds. The van der Waals surface area contributed by atoms with Crippen LogP contribution in [0, 0.1) is 6.92 Å². The van der Waals surface area contributed by atoms with Gasteiger partial charge in [0.25, 0.3) is 5.91 Å². The van der Waals surface area contributed by atoms with Gasteiger partial charge in [-0.25, -0.2) is 9.97 Å². The van der Waals surface area contributed by atoms with E-state index in [2.05, 4.69) is 15.3 Å². The summed E-state index contributed by atoms with van der Waals surface area (Å²) in [6, 6.07) is 10.4. The highest BCUT2D eigenvalue weighted by molar-refractivity contribution is 5.94. The first kappa shape index (κ1) is 23.0. The number of carbonyl (C=O) groups is 1. The van der Waals surface area contributed by atoms with E-state index in [1.807, 2.05) is 23.5 Å². The zero-order valence-corrected chi connectivity index (χ0v) is 19.9. The van der Waals surface area contributed by atoms with Crippen molar-refractivity contribution in [1.29, 1.82) is 0 Å². The highest BCUT2D eigenvalue weighted by Gasteiger charge is 2.54. The predicted molar refractivity (Wildman–Crippen MR) is 132 cm³/mol. The Kier molecular flexibility index (Phi) is 5.29. The van der Waals surface area contributed by atoms with Gasteiger partial charge in [-0.15, -0.1) is 0 Å². The molecule has 1 aromatic carbocycles. The van der Waals surface area contributed by atoms with Crippen LogP contribution < -0.4 is 9.80 Å². The highest BCUT2D eigenvalue weighted by atomic mass is 19.4. The Labute approximate surface area is 206 Å². The summed E-state index contributed by atoms with van der Waals surface area (Å²) < 4.78 is 43.6. The average Bonchev–Trinajstić information content (AvgIpc) is 3.52. The van der Waals surface area contributed by atoms with Gasteiger partial charge < -0.3 is 9.72 Å². The van der Waals surface area contributed by atoms with Gasteiger partial charge in [0, 0.05) is 43.5 Å². The Morgan fingerprint density at radius 1 is 1.14 bits per heavy atom. The Balaban J connectivity index is 1.28. The molecule has 2 aliphatic rings. The van der Waals surface area contributed by atoms with E-state index in [-0.39, 0.29) is 18.0 Å². The van der Waals surface area contributed by atoms with Gasteiger partial charge in [0.15, 0.2) is 5.69 Å². The fraction of sp³-hybridized carbons (Fsp3) is 0.370.